The molecule has 1 aromatic heterocycles. The maximum absolute atomic E-state index is 13.5. The SMILES string of the molecule is O=C(CSc1nnc(COc2ccccc2)o1)Nc1ccccc1F. The van der Waals surface area contributed by atoms with E-state index < -0.39 is 5.82 Å². The molecule has 0 bridgehead atoms. The van der Waals surface area contributed by atoms with Gasteiger partial charge in [0.05, 0.1) is 11.4 Å². The van der Waals surface area contributed by atoms with Gasteiger partial charge < -0.3 is 14.5 Å². The Morgan fingerprint density at radius 2 is 1.88 bits per heavy atom. The smallest absolute Gasteiger partial charge is 0.277 e. The summed E-state index contributed by atoms with van der Waals surface area (Å²) in [6.07, 6.45) is 0. The summed E-state index contributed by atoms with van der Waals surface area (Å²) in [6.45, 7) is 0.138. The minimum Gasteiger partial charge on any atom is -0.484 e. The van der Waals surface area contributed by atoms with Crippen LogP contribution in [0.25, 0.3) is 0 Å². The fourth-order valence-corrected chi connectivity index (χ4v) is 2.47. The van der Waals surface area contributed by atoms with Gasteiger partial charge in [-0.05, 0) is 24.3 Å². The van der Waals surface area contributed by atoms with Crippen molar-refractivity contribution >= 4 is 23.4 Å². The van der Waals surface area contributed by atoms with E-state index in [0.717, 1.165) is 11.8 Å². The average Bonchev–Trinajstić information content (AvgIpc) is 3.09. The molecule has 128 valence electrons. The molecule has 1 N–H and O–H groups in total. The van der Waals surface area contributed by atoms with E-state index in [1.807, 2.05) is 30.3 Å². The molecule has 1 amide bonds. The maximum atomic E-state index is 13.5. The zero-order valence-electron chi connectivity index (χ0n) is 13.0. The van der Waals surface area contributed by atoms with E-state index in [1.54, 1.807) is 12.1 Å². The maximum Gasteiger partial charge on any atom is 0.277 e. The molecule has 8 heteroatoms. The van der Waals surface area contributed by atoms with Crippen LogP contribution in [0.15, 0.2) is 64.2 Å². The Bertz CT molecular complexity index is 842. The number of benzene rings is 2. The molecule has 1 heterocycles. The lowest BCUT2D eigenvalue weighted by molar-refractivity contribution is -0.113. The first-order chi connectivity index (χ1) is 12.2. The van der Waals surface area contributed by atoms with Gasteiger partial charge in [-0.2, -0.15) is 0 Å². The van der Waals surface area contributed by atoms with Crippen molar-refractivity contribution in [3.8, 4) is 5.75 Å². The number of thioether (sulfide) groups is 1. The Morgan fingerprint density at radius 1 is 1.12 bits per heavy atom. The summed E-state index contributed by atoms with van der Waals surface area (Å²) in [7, 11) is 0. The highest BCUT2D eigenvalue weighted by molar-refractivity contribution is 7.99. The van der Waals surface area contributed by atoms with Gasteiger partial charge in [0.25, 0.3) is 11.1 Å². The van der Waals surface area contributed by atoms with Gasteiger partial charge in [0.15, 0.2) is 6.61 Å². The van der Waals surface area contributed by atoms with Crippen molar-refractivity contribution < 1.29 is 18.3 Å². The number of hydrogen-bond acceptors (Lipinski definition) is 6. The molecule has 0 aliphatic carbocycles. The van der Waals surface area contributed by atoms with E-state index in [9.17, 15) is 9.18 Å². The van der Waals surface area contributed by atoms with Crippen LogP contribution in [-0.2, 0) is 11.4 Å². The van der Waals surface area contributed by atoms with Crippen molar-refractivity contribution in [2.75, 3.05) is 11.1 Å². The van der Waals surface area contributed by atoms with Gasteiger partial charge in [-0.1, -0.05) is 42.1 Å². The van der Waals surface area contributed by atoms with Crippen LogP contribution < -0.4 is 10.1 Å². The lowest BCUT2D eigenvalue weighted by Gasteiger charge is -2.04. The molecule has 0 saturated carbocycles. The minimum absolute atomic E-state index is 0.0233. The van der Waals surface area contributed by atoms with Crippen molar-refractivity contribution in [2.45, 2.75) is 11.8 Å². The standard InChI is InChI=1S/C17H14FN3O3S/c18-13-8-4-5-9-14(13)19-15(22)11-25-17-21-20-16(24-17)10-23-12-6-2-1-3-7-12/h1-9H,10-11H2,(H,19,22). The van der Waals surface area contributed by atoms with E-state index in [4.69, 9.17) is 9.15 Å². The minimum atomic E-state index is -0.487. The first-order valence-electron chi connectivity index (χ1n) is 7.38. The number of halogens is 1. The van der Waals surface area contributed by atoms with Crippen LogP contribution >= 0.6 is 11.8 Å². The first kappa shape index (κ1) is 17.0. The Hall–Kier alpha value is -2.87. The fourth-order valence-electron chi connectivity index (χ4n) is 1.89. The number of ether oxygens (including phenoxy) is 1. The normalized spacial score (nSPS) is 10.4. The summed E-state index contributed by atoms with van der Waals surface area (Å²) in [5.74, 6) is 0.171. The highest BCUT2D eigenvalue weighted by atomic mass is 32.2. The summed E-state index contributed by atoms with van der Waals surface area (Å²) in [6, 6.07) is 15.2. The molecule has 2 aromatic carbocycles. The van der Waals surface area contributed by atoms with Crippen LogP contribution in [0.2, 0.25) is 0 Å². The number of nitrogens with zero attached hydrogens (tertiary/aromatic N) is 2. The van der Waals surface area contributed by atoms with E-state index in [1.165, 1.54) is 12.1 Å². The van der Waals surface area contributed by atoms with E-state index in [2.05, 4.69) is 15.5 Å². The highest BCUT2D eigenvalue weighted by Gasteiger charge is 2.11. The van der Waals surface area contributed by atoms with Crippen LogP contribution in [0.1, 0.15) is 5.89 Å². The number of hydrogen-bond donors (Lipinski definition) is 1. The van der Waals surface area contributed by atoms with Crippen molar-refractivity contribution in [1.29, 1.82) is 0 Å². The van der Waals surface area contributed by atoms with Gasteiger partial charge >= 0.3 is 0 Å². The lowest BCUT2D eigenvalue weighted by atomic mass is 10.3. The van der Waals surface area contributed by atoms with Crippen LogP contribution in [0.5, 0.6) is 5.75 Å². The number of carbonyl (C=O) groups is 1. The number of nitrogens with one attached hydrogen (secondary N) is 1. The quantitative estimate of drug-likeness (QED) is 0.651. The fraction of sp³-hybridized carbons (Fsp3) is 0.118. The van der Waals surface area contributed by atoms with Gasteiger partial charge in [-0.15, -0.1) is 10.2 Å². The molecule has 0 spiro atoms. The second-order valence-corrected chi connectivity index (χ2v) is 5.81. The first-order valence-corrected chi connectivity index (χ1v) is 8.36. The van der Waals surface area contributed by atoms with Crippen LogP contribution in [0, 0.1) is 5.82 Å². The zero-order chi connectivity index (χ0) is 17.5. The van der Waals surface area contributed by atoms with Crippen molar-refractivity contribution in [2.24, 2.45) is 0 Å². The third kappa shape index (κ3) is 5.05. The summed E-state index contributed by atoms with van der Waals surface area (Å²) in [5.41, 5.74) is 0.135. The molecule has 0 aliphatic heterocycles. The largest absolute Gasteiger partial charge is 0.484 e. The second kappa shape index (κ2) is 8.29. The molecular weight excluding hydrogens is 345 g/mol. The molecule has 3 aromatic rings. The summed E-state index contributed by atoms with van der Waals surface area (Å²) < 4.78 is 24.4. The molecule has 0 saturated heterocycles. The summed E-state index contributed by atoms with van der Waals surface area (Å²) >= 11 is 1.07. The number of rotatable bonds is 7. The van der Waals surface area contributed by atoms with E-state index in [-0.39, 0.29) is 29.2 Å². The zero-order valence-corrected chi connectivity index (χ0v) is 13.8. The summed E-state index contributed by atoms with van der Waals surface area (Å²) in [4.78, 5) is 11.8. The van der Waals surface area contributed by atoms with Gasteiger partial charge in [0.1, 0.15) is 11.6 Å². The molecule has 25 heavy (non-hydrogen) atoms. The number of carbonyl (C=O) groups excluding carboxylic acids is 1. The van der Waals surface area contributed by atoms with Crippen LogP contribution in [0.3, 0.4) is 0 Å². The van der Waals surface area contributed by atoms with Gasteiger partial charge in [-0.25, -0.2) is 4.39 Å². The van der Waals surface area contributed by atoms with Gasteiger partial charge in [0, 0.05) is 0 Å². The molecule has 6 nitrogen and oxygen atoms in total. The Kier molecular flexibility index (Phi) is 5.63. The van der Waals surface area contributed by atoms with Gasteiger partial charge in [0.2, 0.25) is 5.91 Å². The second-order valence-electron chi connectivity index (χ2n) is 4.88. The average molecular weight is 359 g/mol. The van der Waals surface area contributed by atoms with Crippen molar-refractivity contribution in [3.63, 3.8) is 0 Å². The number of para-hydroxylation sites is 2. The molecule has 0 atom stereocenters. The summed E-state index contributed by atoms with van der Waals surface area (Å²) in [5, 5.41) is 10.4. The number of anilines is 1. The Morgan fingerprint density at radius 3 is 2.68 bits per heavy atom. The lowest BCUT2D eigenvalue weighted by Crippen LogP contribution is -2.14. The van der Waals surface area contributed by atoms with Crippen molar-refractivity contribution in [3.05, 3.63) is 66.3 Å². The molecular formula is C17H14FN3O3S. The van der Waals surface area contributed by atoms with Crippen molar-refractivity contribution in [1.82, 2.24) is 10.2 Å². The Balaban J connectivity index is 1.47. The highest BCUT2D eigenvalue weighted by Crippen LogP contribution is 2.19. The molecule has 0 fully saturated rings. The number of amides is 1. The third-order valence-corrected chi connectivity index (χ3v) is 3.85. The van der Waals surface area contributed by atoms with E-state index >= 15 is 0 Å². The predicted octanol–water partition coefficient (Wildman–Crippen LogP) is 3.52. The van der Waals surface area contributed by atoms with Crippen LogP contribution in [0.4, 0.5) is 10.1 Å². The molecule has 0 unspecified atom stereocenters. The molecule has 0 radical (unpaired) electrons. The van der Waals surface area contributed by atoms with E-state index in [0.29, 0.717) is 11.6 Å². The van der Waals surface area contributed by atoms with Gasteiger partial charge in [-0.3, -0.25) is 4.79 Å². The Labute approximate surface area is 147 Å². The van der Waals surface area contributed by atoms with Crippen LogP contribution in [-0.4, -0.2) is 21.9 Å². The number of aromatic nitrogens is 2. The molecule has 3 rings (SSSR count). The monoisotopic (exact) mass is 359 g/mol. The third-order valence-electron chi connectivity index (χ3n) is 3.03. The topological polar surface area (TPSA) is 77.2 Å². The molecule has 0 aliphatic rings. The predicted molar refractivity (Wildman–Crippen MR) is 90.8 cm³/mol.